The van der Waals surface area contributed by atoms with Gasteiger partial charge in [0.1, 0.15) is 0 Å². The molecule has 0 unspecified atom stereocenters. The van der Waals surface area contributed by atoms with Gasteiger partial charge in [-0.15, -0.1) is 11.8 Å². The van der Waals surface area contributed by atoms with E-state index in [1.54, 1.807) is 36.4 Å². The van der Waals surface area contributed by atoms with E-state index in [-0.39, 0.29) is 29.6 Å². The van der Waals surface area contributed by atoms with Crippen molar-refractivity contribution >= 4 is 35.2 Å². The van der Waals surface area contributed by atoms with Crippen molar-refractivity contribution < 1.29 is 29.0 Å². The van der Waals surface area contributed by atoms with Crippen LogP contribution >= 0.6 is 11.8 Å². The lowest BCUT2D eigenvalue weighted by Crippen LogP contribution is -2.24. The molecule has 0 fully saturated rings. The molecule has 1 aliphatic heterocycles. The zero-order chi connectivity index (χ0) is 23.2. The molecule has 168 valence electrons. The van der Waals surface area contributed by atoms with Crippen molar-refractivity contribution in [1.29, 1.82) is 0 Å². The van der Waals surface area contributed by atoms with Gasteiger partial charge in [-0.3, -0.25) is 9.59 Å². The fourth-order valence-corrected chi connectivity index (χ4v) is 3.88. The minimum absolute atomic E-state index is 0.0612. The van der Waals surface area contributed by atoms with E-state index in [4.69, 9.17) is 9.47 Å². The summed E-state index contributed by atoms with van der Waals surface area (Å²) < 4.78 is 10.6. The van der Waals surface area contributed by atoms with E-state index in [9.17, 15) is 19.5 Å². The summed E-state index contributed by atoms with van der Waals surface area (Å²) in [6.07, 6.45) is 0. The molecule has 3 N–H and O–H groups in total. The fourth-order valence-electron chi connectivity index (χ4n) is 3.15. The Morgan fingerprint density at radius 1 is 0.909 bits per heavy atom. The molecule has 8 nitrogen and oxygen atoms in total. The number of carbonyl (C=O) groups excluding carboxylic acids is 2. The number of rotatable bonds is 8. The Kier molecular flexibility index (Phi) is 6.80. The van der Waals surface area contributed by atoms with E-state index in [2.05, 4.69) is 10.6 Å². The van der Waals surface area contributed by atoms with Crippen LogP contribution in [0, 0.1) is 0 Å². The number of carboxylic acid groups (broad SMARTS) is 1. The van der Waals surface area contributed by atoms with Crippen molar-refractivity contribution in [3.05, 3.63) is 83.4 Å². The highest BCUT2D eigenvalue weighted by Gasteiger charge is 2.16. The van der Waals surface area contributed by atoms with E-state index in [0.29, 0.717) is 23.7 Å². The predicted octanol–water partition coefficient (Wildman–Crippen LogP) is 3.77. The zero-order valence-corrected chi connectivity index (χ0v) is 18.2. The number of nitrogens with one attached hydrogen (secondary N) is 2. The summed E-state index contributed by atoms with van der Waals surface area (Å²) >= 11 is 1.37. The highest BCUT2D eigenvalue weighted by molar-refractivity contribution is 8.00. The van der Waals surface area contributed by atoms with E-state index < -0.39 is 11.9 Å². The number of anilines is 1. The maximum atomic E-state index is 12.4. The third kappa shape index (κ3) is 5.64. The topological polar surface area (TPSA) is 114 Å². The number of thioether (sulfide) groups is 1. The van der Waals surface area contributed by atoms with E-state index >= 15 is 0 Å². The third-order valence-electron chi connectivity index (χ3n) is 4.81. The number of carbonyl (C=O) groups is 3. The second-order valence-corrected chi connectivity index (χ2v) is 8.13. The normalized spacial score (nSPS) is 11.6. The summed E-state index contributed by atoms with van der Waals surface area (Å²) in [6.45, 7) is 0.596. The molecule has 1 heterocycles. The average molecular weight is 464 g/mol. The predicted molar refractivity (Wildman–Crippen MR) is 123 cm³/mol. The van der Waals surface area contributed by atoms with Crippen molar-refractivity contribution in [3.8, 4) is 11.5 Å². The molecule has 2 amide bonds. The van der Waals surface area contributed by atoms with Crippen LogP contribution in [0.1, 0.15) is 26.3 Å². The molecule has 1 aliphatic rings. The van der Waals surface area contributed by atoms with Gasteiger partial charge in [-0.2, -0.15) is 0 Å². The van der Waals surface area contributed by atoms with Gasteiger partial charge in [0.2, 0.25) is 12.7 Å². The number of hydrogen-bond donors (Lipinski definition) is 3. The Balaban J connectivity index is 1.26. The van der Waals surface area contributed by atoms with Crippen LogP contribution < -0.4 is 20.1 Å². The first kappa shape index (κ1) is 22.2. The molecular formula is C24H20N2O6S. The van der Waals surface area contributed by atoms with Gasteiger partial charge in [-0.05, 0) is 54.1 Å². The number of hydrogen-bond acceptors (Lipinski definition) is 6. The molecule has 9 heteroatoms. The molecule has 0 saturated heterocycles. The molecule has 33 heavy (non-hydrogen) atoms. The first-order valence-corrected chi connectivity index (χ1v) is 11.0. The SMILES string of the molecule is O=C(CSc1ccc(NC(=O)c2ccccc2C(=O)O)cc1)NCc1ccc2c(c1)OCO2. The summed E-state index contributed by atoms with van der Waals surface area (Å²) in [6, 6.07) is 18.5. The molecule has 3 aromatic carbocycles. The molecule has 3 aromatic rings. The Labute approximate surface area is 193 Å². The van der Waals surface area contributed by atoms with Crippen LogP contribution in [0.15, 0.2) is 71.6 Å². The van der Waals surface area contributed by atoms with Crippen LogP contribution in [-0.2, 0) is 11.3 Å². The highest BCUT2D eigenvalue weighted by Crippen LogP contribution is 2.32. The van der Waals surface area contributed by atoms with Crippen molar-refractivity contribution in [2.75, 3.05) is 17.9 Å². The molecule has 4 rings (SSSR count). The van der Waals surface area contributed by atoms with Crippen LogP contribution in [0.3, 0.4) is 0 Å². The lowest BCUT2D eigenvalue weighted by molar-refractivity contribution is -0.118. The lowest BCUT2D eigenvalue weighted by atomic mass is 10.1. The number of aromatic carboxylic acids is 1. The minimum atomic E-state index is -1.16. The monoisotopic (exact) mass is 464 g/mol. The van der Waals surface area contributed by atoms with E-state index in [0.717, 1.165) is 10.5 Å². The van der Waals surface area contributed by atoms with Gasteiger partial charge in [0.15, 0.2) is 11.5 Å². The van der Waals surface area contributed by atoms with Crippen LogP contribution in [0.2, 0.25) is 0 Å². The minimum Gasteiger partial charge on any atom is -0.478 e. The summed E-state index contributed by atoms with van der Waals surface area (Å²) in [5, 5.41) is 14.8. The number of benzene rings is 3. The largest absolute Gasteiger partial charge is 0.478 e. The second-order valence-electron chi connectivity index (χ2n) is 7.08. The van der Waals surface area contributed by atoms with Crippen molar-refractivity contribution in [1.82, 2.24) is 5.32 Å². The van der Waals surface area contributed by atoms with Gasteiger partial charge >= 0.3 is 5.97 Å². The Morgan fingerprint density at radius 3 is 2.39 bits per heavy atom. The van der Waals surface area contributed by atoms with Crippen LogP contribution in [-0.4, -0.2) is 35.4 Å². The molecule has 0 radical (unpaired) electrons. The van der Waals surface area contributed by atoms with Gasteiger partial charge in [0.25, 0.3) is 5.91 Å². The van der Waals surface area contributed by atoms with E-state index in [1.165, 1.54) is 23.9 Å². The Hall–Kier alpha value is -3.98. The first-order chi connectivity index (χ1) is 16.0. The van der Waals surface area contributed by atoms with Crippen LogP contribution in [0.4, 0.5) is 5.69 Å². The van der Waals surface area contributed by atoms with Crippen molar-refractivity contribution in [2.24, 2.45) is 0 Å². The van der Waals surface area contributed by atoms with E-state index in [1.807, 2.05) is 18.2 Å². The smallest absolute Gasteiger partial charge is 0.336 e. The Bertz CT molecular complexity index is 1200. The number of fused-ring (bicyclic) bond motifs is 1. The average Bonchev–Trinajstić information content (AvgIpc) is 3.30. The van der Waals surface area contributed by atoms with Gasteiger partial charge < -0.3 is 25.2 Å². The molecule has 0 spiro atoms. The van der Waals surface area contributed by atoms with Crippen LogP contribution in [0.5, 0.6) is 11.5 Å². The summed E-state index contributed by atoms with van der Waals surface area (Å²) in [5.41, 5.74) is 1.47. The summed E-state index contributed by atoms with van der Waals surface area (Å²) in [5.74, 6) is -0.163. The molecule has 0 saturated carbocycles. The highest BCUT2D eigenvalue weighted by atomic mass is 32.2. The summed E-state index contributed by atoms with van der Waals surface area (Å²) in [4.78, 5) is 36.8. The molecule has 0 atom stereocenters. The van der Waals surface area contributed by atoms with Gasteiger partial charge in [-0.25, -0.2) is 4.79 Å². The molecular weight excluding hydrogens is 444 g/mol. The molecule has 0 aliphatic carbocycles. The fraction of sp³-hybridized carbons (Fsp3) is 0.125. The number of carboxylic acids is 1. The third-order valence-corrected chi connectivity index (χ3v) is 5.82. The number of amides is 2. The van der Waals surface area contributed by atoms with Gasteiger partial charge in [0.05, 0.1) is 16.9 Å². The van der Waals surface area contributed by atoms with Crippen molar-refractivity contribution in [3.63, 3.8) is 0 Å². The molecule has 0 aromatic heterocycles. The van der Waals surface area contributed by atoms with Crippen LogP contribution in [0.25, 0.3) is 0 Å². The van der Waals surface area contributed by atoms with Gasteiger partial charge in [-0.1, -0.05) is 18.2 Å². The summed E-state index contributed by atoms with van der Waals surface area (Å²) in [7, 11) is 0. The quantitative estimate of drug-likeness (QED) is 0.435. The standard InChI is InChI=1S/C24H20N2O6S/c27-22(25-12-15-5-10-20-21(11-15)32-14-31-20)13-33-17-8-6-16(7-9-17)26-23(28)18-3-1-2-4-19(18)24(29)30/h1-11H,12-14H2,(H,25,27)(H,26,28)(H,29,30). The number of ether oxygens (including phenoxy) is 2. The van der Waals surface area contributed by atoms with Crippen molar-refractivity contribution in [2.45, 2.75) is 11.4 Å². The van der Waals surface area contributed by atoms with Gasteiger partial charge in [0, 0.05) is 17.1 Å². The Morgan fingerprint density at radius 2 is 1.64 bits per heavy atom. The lowest BCUT2D eigenvalue weighted by Gasteiger charge is -2.09. The second kappa shape index (κ2) is 10.1. The maximum absolute atomic E-state index is 12.4. The maximum Gasteiger partial charge on any atom is 0.336 e. The molecule has 0 bridgehead atoms. The first-order valence-electron chi connectivity index (χ1n) is 10.0. The zero-order valence-electron chi connectivity index (χ0n) is 17.4.